The van der Waals surface area contributed by atoms with Crippen LogP contribution in [0.15, 0.2) is 30.3 Å². The van der Waals surface area contributed by atoms with E-state index in [2.05, 4.69) is 54.4 Å². The van der Waals surface area contributed by atoms with Crippen LogP contribution in [-0.4, -0.2) is 25.2 Å². The summed E-state index contributed by atoms with van der Waals surface area (Å²) in [7, 11) is 0. The Morgan fingerprint density at radius 3 is 2.60 bits per heavy atom. The van der Waals surface area contributed by atoms with Gasteiger partial charge < -0.3 is 10.2 Å². The van der Waals surface area contributed by atoms with Crippen LogP contribution in [0.5, 0.6) is 0 Å². The van der Waals surface area contributed by atoms with Gasteiger partial charge in [0.2, 0.25) is 0 Å². The summed E-state index contributed by atoms with van der Waals surface area (Å²) < 4.78 is 0. The van der Waals surface area contributed by atoms with E-state index in [0.717, 1.165) is 19.6 Å². The number of benzene rings is 1. The lowest BCUT2D eigenvalue weighted by atomic mass is 10.0. The van der Waals surface area contributed by atoms with Gasteiger partial charge in [0.05, 0.1) is 0 Å². The van der Waals surface area contributed by atoms with Crippen molar-refractivity contribution < 1.29 is 0 Å². The van der Waals surface area contributed by atoms with Gasteiger partial charge in [-0.1, -0.05) is 18.2 Å². The van der Waals surface area contributed by atoms with E-state index in [-0.39, 0.29) is 5.54 Å². The Morgan fingerprint density at radius 2 is 1.87 bits per heavy atom. The summed E-state index contributed by atoms with van der Waals surface area (Å²) in [4.78, 5) is 2.46. The molecule has 1 aliphatic heterocycles. The maximum absolute atomic E-state index is 3.58. The topological polar surface area (TPSA) is 15.3 Å². The molecule has 2 heteroatoms. The first kappa shape index (κ1) is 10.5. The van der Waals surface area contributed by atoms with E-state index in [1.54, 1.807) is 0 Å². The maximum Gasteiger partial charge on any atom is 0.0366 e. The number of hydrogen-bond acceptors (Lipinski definition) is 2. The number of nitrogens with zero attached hydrogens (tertiary/aromatic N) is 1. The van der Waals surface area contributed by atoms with Crippen molar-refractivity contribution in [2.75, 3.05) is 24.5 Å². The van der Waals surface area contributed by atoms with Crippen molar-refractivity contribution in [2.24, 2.45) is 0 Å². The highest BCUT2D eigenvalue weighted by Gasteiger charge is 2.21. The monoisotopic (exact) mass is 204 g/mol. The molecule has 1 saturated heterocycles. The zero-order chi connectivity index (χ0) is 10.7. The fourth-order valence-corrected chi connectivity index (χ4v) is 2.04. The fraction of sp³-hybridized carbons (Fsp3) is 0.538. The van der Waals surface area contributed by atoms with Gasteiger partial charge in [-0.25, -0.2) is 0 Å². The van der Waals surface area contributed by atoms with E-state index < -0.39 is 0 Å². The van der Waals surface area contributed by atoms with Crippen LogP contribution >= 0.6 is 0 Å². The summed E-state index contributed by atoms with van der Waals surface area (Å²) in [5.41, 5.74) is 1.63. The second kappa shape index (κ2) is 4.23. The summed E-state index contributed by atoms with van der Waals surface area (Å²) in [5.74, 6) is 0. The minimum atomic E-state index is 0.281. The van der Waals surface area contributed by atoms with E-state index in [1.807, 2.05) is 0 Å². The SMILES string of the molecule is CC1(C)CCN(c2ccccc2)CCN1. The number of rotatable bonds is 1. The number of hydrogen-bond donors (Lipinski definition) is 1. The van der Waals surface area contributed by atoms with Crippen LogP contribution in [-0.2, 0) is 0 Å². The van der Waals surface area contributed by atoms with Crippen molar-refractivity contribution in [3.8, 4) is 0 Å². The molecule has 0 bridgehead atoms. The fourth-order valence-electron chi connectivity index (χ4n) is 2.04. The number of anilines is 1. The summed E-state index contributed by atoms with van der Waals surface area (Å²) in [6.07, 6.45) is 1.20. The smallest absolute Gasteiger partial charge is 0.0366 e. The van der Waals surface area contributed by atoms with Crippen LogP contribution < -0.4 is 10.2 Å². The van der Waals surface area contributed by atoms with E-state index in [0.29, 0.717) is 0 Å². The Kier molecular flexibility index (Phi) is 2.96. The lowest BCUT2D eigenvalue weighted by Crippen LogP contribution is -2.39. The molecule has 82 valence electrons. The Hall–Kier alpha value is -1.02. The molecule has 2 rings (SSSR count). The van der Waals surface area contributed by atoms with Crippen LogP contribution in [0, 0.1) is 0 Å². The normalized spacial score (nSPS) is 21.1. The van der Waals surface area contributed by atoms with Gasteiger partial charge in [0.1, 0.15) is 0 Å². The predicted molar refractivity (Wildman–Crippen MR) is 65.4 cm³/mol. The van der Waals surface area contributed by atoms with Crippen molar-refractivity contribution in [1.82, 2.24) is 5.32 Å². The minimum absolute atomic E-state index is 0.281. The Labute approximate surface area is 92.3 Å². The number of para-hydroxylation sites is 1. The molecule has 0 aromatic heterocycles. The molecule has 1 fully saturated rings. The van der Waals surface area contributed by atoms with Gasteiger partial charge in [-0.2, -0.15) is 0 Å². The first-order valence-electron chi connectivity index (χ1n) is 5.72. The Morgan fingerprint density at radius 1 is 1.13 bits per heavy atom. The molecule has 0 unspecified atom stereocenters. The molecule has 0 atom stereocenters. The van der Waals surface area contributed by atoms with Crippen molar-refractivity contribution in [3.63, 3.8) is 0 Å². The lowest BCUT2D eigenvalue weighted by Gasteiger charge is -2.24. The quantitative estimate of drug-likeness (QED) is 0.755. The second-order valence-electron chi connectivity index (χ2n) is 4.88. The van der Waals surface area contributed by atoms with E-state index in [1.165, 1.54) is 12.1 Å². The van der Waals surface area contributed by atoms with Crippen molar-refractivity contribution in [3.05, 3.63) is 30.3 Å². The molecule has 0 amide bonds. The van der Waals surface area contributed by atoms with Crippen LogP contribution in [0.4, 0.5) is 5.69 Å². The third kappa shape index (κ3) is 2.72. The molecule has 0 saturated carbocycles. The standard InChI is InChI=1S/C13H20N2/c1-13(2)8-10-15(11-9-14-13)12-6-4-3-5-7-12/h3-7,14H,8-11H2,1-2H3. The van der Waals surface area contributed by atoms with Gasteiger partial charge in [-0.05, 0) is 32.4 Å². The largest absolute Gasteiger partial charge is 0.370 e. The first-order valence-corrected chi connectivity index (χ1v) is 5.72. The molecule has 15 heavy (non-hydrogen) atoms. The average Bonchev–Trinajstić information content (AvgIpc) is 2.41. The molecule has 1 heterocycles. The van der Waals surface area contributed by atoms with Crippen molar-refractivity contribution >= 4 is 5.69 Å². The third-order valence-electron chi connectivity index (χ3n) is 3.11. The van der Waals surface area contributed by atoms with Gasteiger partial charge in [-0.15, -0.1) is 0 Å². The van der Waals surface area contributed by atoms with Crippen LogP contribution in [0.1, 0.15) is 20.3 Å². The van der Waals surface area contributed by atoms with E-state index in [9.17, 15) is 0 Å². The average molecular weight is 204 g/mol. The molecule has 0 aliphatic carbocycles. The molecule has 1 N–H and O–H groups in total. The zero-order valence-corrected chi connectivity index (χ0v) is 9.66. The molecular weight excluding hydrogens is 184 g/mol. The summed E-state index contributed by atoms with van der Waals surface area (Å²) in [6, 6.07) is 10.7. The number of nitrogens with one attached hydrogen (secondary N) is 1. The minimum Gasteiger partial charge on any atom is -0.370 e. The molecule has 1 aliphatic rings. The Bertz CT molecular complexity index is 306. The predicted octanol–water partition coefficient (Wildman–Crippen LogP) is 2.26. The van der Waals surface area contributed by atoms with Gasteiger partial charge in [0.15, 0.2) is 0 Å². The van der Waals surface area contributed by atoms with Gasteiger partial charge >= 0.3 is 0 Å². The van der Waals surface area contributed by atoms with Crippen LogP contribution in [0.25, 0.3) is 0 Å². The Balaban J connectivity index is 2.06. The van der Waals surface area contributed by atoms with E-state index >= 15 is 0 Å². The molecule has 0 spiro atoms. The van der Waals surface area contributed by atoms with Gasteiger partial charge in [0.25, 0.3) is 0 Å². The van der Waals surface area contributed by atoms with Crippen molar-refractivity contribution in [2.45, 2.75) is 25.8 Å². The highest BCUT2D eigenvalue weighted by molar-refractivity contribution is 5.46. The molecule has 1 aromatic carbocycles. The zero-order valence-electron chi connectivity index (χ0n) is 9.66. The van der Waals surface area contributed by atoms with Crippen molar-refractivity contribution in [1.29, 1.82) is 0 Å². The maximum atomic E-state index is 3.58. The summed E-state index contributed by atoms with van der Waals surface area (Å²) >= 11 is 0. The highest BCUT2D eigenvalue weighted by Crippen LogP contribution is 2.18. The molecular formula is C13H20N2. The summed E-state index contributed by atoms with van der Waals surface area (Å²) in [5, 5.41) is 3.58. The third-order valence-corrected chi connectivity index (χ3v) is 3.11. The first-order chi connectivity index (χ1) is 7.17. The van der Waals surface area contributed by atoms with E-state index in [4.69, 9.17) is 0 Å². The summed E-state index contributed by atoms with van der Waals surface area (Å²) in [6.45, 7) is 7.88. The second-order valence-corrected chi connectivity index (χ2v) is 4.88. The lowest BCUT2D eigenvalue weighted by molar-refractivity contribution is 0.394. The van der Waals surface area contributed by atoms with Crippen LogP contribution in [0.3, 0.4) is 0 Å². The molecule has 1 aromatic rings. The molecule has 2 nitrogen and oxygen atoms in total. The van der Waals surface area contributed by atoms with Crippen LogP contribution in [0.2, 0.25) is 0 Å². The van der Waals surface area contributed by atoms with Gasteiger partial charge in [0, 0.05) is 30.9 Å². The molecule has 0 radical (unpaired) electrons. The highest BCUT2D eigenvalue weighted by atomic mass is 15.2. The van der Waals surface area contributed by atoms with Gasteiger partial charge in [-0.3, -0.25) is 0 Å².